The third kappa shape index (κ3) is 4.10. The Morgan fingerprint density at radius 3 is 2.16 bits per heavy atom. The Labute approximate surface area is 113 Å². The lowest BCUT2D eigenvalue weighted by molar-refractivity contribution is -0.127. The molecule has 19 heavy (non-hydrogen) atoms. The summed E-state index contributed by atoms with van der Waals surface area (Å²) >= 11 is 0. The molecule has 1 aliphatic heterocycles. The van der Waals surface area contributed by atoms with Gasteiger partial charge in [-0.3, -0.25) is 9.59 Å². The quantitative estimate of drug-likeness (QED) is 0.702. The lowest BCUT2D eigenvalue weighted by Crippen LogP contribution is -2.50. The molecule has 0 radical (unpaired) electrons. The summed E-state index contributed by atoms with van der Waals surface area (Å²) in [6.07, 6.45) is 0.950. The molecule has 0 aromatic heterocycles. The summed E-state index contributed by atoms with van der Waals surface area (Å²) in [4.78, 5) is 23.3. The van der Waals surface area contributed by atoms with Crippen LogP contribution < -0.4 is 0 Å². The summed E-state index contributed by atoms with van der Waals surface area (Å²) in [5, 5.41) is 0. The van der Waals surface area contributed by atoms with Crippen LogP contribution in [0.3, 0.4) is 0 Å². The van der Waals surface area contributed by atoms with Gasteiger partial charge in [-0.15, -0.1) is 0 Å². The molecule has 2 atom stereocenters. The first-order valence-electron chi connectivity index (χ1n) is 5.77. The maximum Gasteiger partial charge on any atom is 0.152 e. The Kier molecular flexibility index (Phi) is 4.26. The molecule has 6 nitrogen and oxygen atoms in total. The molecule has 0 spiro atoms. The van der Waals surface area contributed by atoms with Crippen molar-refractivity contribution in [1.82, 2.24) is 0 Å². The third-order valence-corrected chi connectivity index (χ3v) is 6.43. The number of sulfone groups is 2. The van der Waals surface area contributed by atoms with Crippen molar-refractivity contribution in [1.29, 1.82) is 0 Å². The second kappa shape index (κ2) is 4.97. The topological polar surface area (TPSA) is 102 Å². The first-order chi connectivity index (χ1) is 8.37. The monoisotopic (exact) mass is 310 g/mol. The van der Waals surface area contributed by atoms with Crippen LogP contribution in [0.2, 0.25) is 0 Å². The summed E-state index contributed by atoms with van der Waals surface area (Å²) in [5.74, 6) is -2.95. The first kappa shape index (κ1) is 16.3. The van der Waals surface area contributed by atoms with E-state index in [1.807, 2.05) is 0 Å². The largest absolute Gasteiger partial charge is 0.300 e. The molecule has 0 aromatic rings. The molecule has 2 unspecified atom stereocenters. The zero-order valence-corrected chi connectivity index (χ0v) is 12.8. The van der Waals surface area contributed by atoms with Crippen molar-refractivity contribution < 1.29 is 26.4 Å². The fourth-order valence-electron chi connectivity index (χ4n) is 2.59. The van der Waals surface area contributed by atoms with Crippen LogP contribution in [-0.2, 0) is 29.3 Å². The normalized spacial score (nSPS) is 30.8. The van der Waals surface area contributed by atoms with Crippen molar-refractivity contribution >= 4 is 31.2 Å². The average molecular weight is 310 g/mol. The van der Waals surface area contributed by atoms with E-state index in [0.29, 0.717) is 0 Å². The third-order valence-electron chi connectivity index (χ3n) is 3.45. The Morgan fingerprint density at radius 2 is 1.79 bits per heavy atom. The number of hydrogen-bond acceptors (Lipinski definition) is 6. The zero-order chi connectivity index (χ0) is 15.1. The van der Waals surface area contributed by atoms with Crippen molar-refractivity contribution in [2.75, 3.05) is 23.5 Å². The van der Waals surface area contributed by atoms with Crippen LogP contribution in [0.4, 0.5) is 0 Å². The van der Waals surface area contributed by atoms with Crippen molar-refractivity contribution in [3.8, 4) is 0 Å². The van der Waals surface area contributed by atoms with E-state index >= 15 is 0 Å². The minimum Gasteiger partial charge on any atom is -0.300 e. The molecule has 1 heterocycles. The highest BCUT2D eigenvalue weighted by Crippen LogP contribution is 2.37. The lowest BCUT2D eigenvalue weighted by atomic mass is 9.78. The summed E-state index contributed by atoms with van der Waals surface area (Å²) < 4.78 is 46.7. The smallest absolute Gasteiger partial charge is 0.152 e. The van der Waals surface area contributed by atoms with E-state index < -0.39 is 48.3 Å². The van der Waals surface area contributed by atoms with E-state index in [2.05, 4.69) is 0 Å². The van der Waals surface area contributed by atoms with E-state index in [0.717, 1.165) is 6.26 Å². The predicted octanol–water partition coefficient (Wildman–Crippen LogP) is -0.370. The van der Waals surface area contributed by atoms with Gasteiger partial charge in [0.15, 0.2) is 9.84 Å². The molecule has 8 heteroatoms. The van der Waals surface area contributed by atoms with E-state index in [4.69, 9.17) is 0 Å². The van der Waals surface area contributed by atoms with Crippen LogP contribution in [0.25, 0.3) is 0 Å². The highest BCUT2D eigenvalue weighted by Gasteiger charge is 2.49. The molecule has 1 saturated heterocycles. The van der Waals surface area contributed by atoms with Crippen LogP contribution >= 0.6 is 0 Å². The first-order valence-corrected chi connectivity index (χ1v) is 9.65. The van der Waals surface area contributed by atoms with Gasteiger partial charge in [0, 0.05) is 12.2 Å². The number of carbonyl (C=O) groups is 2. The van der Waals surface area contributed by atoms with Gasteiger partial charge in [0.2, 0.25) is 0 Å². The molecule has 0 N–H and O–H groups in total. The minimum absolute atomic E-state index is 0.00995. The van der Waals surface area contributed by atoms with E-state index in [9.17, 15) is 26.4 Å². The number of rotatable bonds is 4. The van der Waals surface area contributed by atoms with Gasteiger partial charge in [-0.2, -0.15) is 0 Å². The van der Waals surface area contributed by atoms with E-state index in [1.165, 1.54) is 13.8 Å². The molecule has 1 fully saturated rings. The highest BCUT2D eigenvalue weighted by atomic mass is 32.2. The fraction of sp³-hybridized carbons (Fsp3) is 0.818. The molecule has 0 amide bonds. The van der Waals surface area contributed by atoms with Crippen molar-refractivity contribution in [2.24, 2.45) is 11.3 Å². The SMILES string of the molecule is CC(=O)C1CC(CS(C)(=O)=O)(C(C)=O)CS(=O)(=O)C1. The predicted molar refractivity (Wildman–Crippen MR) is 70.3 cm³/mol. The molecule has 110 valence electrons. The summed E-state index contributed by atoms with van der Waals surface area (Å²) in [6.45, 7) is 2.44. The second-order valence-corrected chi connectivity index (χ2v) is 9.72. The van der Waals surface area contributed by atoms with Gasteiger partial charge in [0.25, 0.3) is 0 Å². The van der Waals surface area contributed by atoms with E-state index in [-0.39, 0.29) is 18.0 Å². The van der Waals surface area contributed by atoms with Crippen LogP contribution in [-0.4, -0.2) is 51.9 Å². The summed E-state index contributed by atoms with van der Waals surface area (Å²) in [5.41, 5.74) is -1.49. The Hall–Kier alpha value is -0.760. The maximum atomic E-state index is 11.9. The van der Waals surface area contributed by atoms with Gasteiger partial charge in [-0.1, -0.05) is 0 Å². The van der Waals surface area contributed by atoms with E-state index in [1.54, 1.807) is 0 Å². The molecule has 0 aliphatic carbocycles. The van der Waals surface area contributed by atoms with Gasteiger partial charge in [-0.05, 0) is 20.3 Å². The maximum absolute atomic E-state index is 11.9. The van der Waals surface area contributed by atoms with Crippen LogP contribution in [0, 0.1) is 11.3 Å². The molecule has 0 aromatic carbocycles. The van der Waals surface area contributed by atoms with Gasteiger partial charge in [0.05, 0.1) is 22.7 Å². The van der Waals surface area contributed by atoms with Gasteiger partial charge < -0.3 is 0 Å². The van der Waals surface area contributed by atoms with Crippen LogP contribution in [0.15, 0.2) is 0 Å². The zero-order valence-electron chi connectivity index (χ0n) is 11.2. The summed E-state index contributed by atoms with van der Waals surface area (Å²) in [6, 6.07) is 0. The Bertz CT molecular complexity index is 597. The Morgan fingerprint density at radius 1 is 1.26 bits per heavy atom. The summed E-state index contributed by atoms with van der Waals surface area (Å²) in [7, 11) is -7.13. The molecule has 0 bridgehead atoms. The van der Waals surface area contributed by atoms with Gasteiger partial charge >= 0.3 is 0 Å². The Balaban J connectivity index is 3.30. The molecular formula is C11H18O6S2. The molecule has 1 aliphatic rings. The van der Waals surface area contributed by atoms with Crippen LogP contribution in [0.5, 0.6) is 0 Å². The number of ketones is 2. The number of hydrogen-bond donors (Lipinski definition) is 0. The van der Waals surface area contributed by atoms with Gasteiger partial charge in [-0.25, -0.2) is 16.8 Å². The molecule has 1 rings (SSSR count). The second-order valence-electron chi connectivity index (χ2n) is 5.47. The lowest BCUT2D eigenvalue weighted by Gasteiger charge is -2.37. The van der Waals surface area contributed by atoms with Gasteiger partial charge in [0.1, 0.15) is 21.4 Å². The standard InChI is InChI=1S/C11H18O6S2/c1-8(12)10-4-11(9(2)13,6-18(3,14)15)7-19(16,17)5-10/h10H,4-7H2,1-3H3. The average Bonchev–Trinajstić information content (AvgIpc) is 2.11. The number of Topliss-reactive ketones (excluding diaryl/α,β-unsaturated/α-hetero) is 2. The van der Waals surface area contributed by atoms with Crippen molar-refractivity contribution in [3.63, 3.8) is 0 Å². The molecule has 0 saturated carbocycles. The molecular weight excluding hydrogens is 292 g/mol. The van der Waals surface area contributed by atoms with Crippen molar-refractivity contribution in [2.45, 2.75) is 20.3 Å². The fourth-order valence-corrected chi connectivity index (χ4v) is 6.49. The van der Waals surface area contributed by atoms with Crippen LogP contribution in [0.1, 0.15) is 20.3 Å². The number of carbonyl (C=O) groups excluding carboxylic acids is 2. The minimum atomic E-state index is -3.61. The van der Waals surface area contributed by atoms with Crippen molar-refractivity contribution in [3.05, 3.63) is 0 Å². The highest BCUT2D eigenvalue weighted by molar-refractivity contribution is 7.92.